The Morgan fingerprint density at radius 2 is 0.838 bits per heavy atom. The van der Waals surface area contributed by atoms with Crippen molar-refractivity contribution in [3.8, 4) is 46.0 Å². The van der Waals surface area contributed by atoms with Gasteiger partial charge in [0.1, 0.15) is 0 Å². The highest BCUT2D eigenvalue weighted by Crippen LogP contribution is 2.57. The Bertz CT molecular complexity index is 2760. The summed E-state index contributed by atoms with van der Waals surface area (Å²) in [5.74, 6) is 2.43. The number of rotatable bonds is 21. The molecule has 0 heterocycles. The van der Waals surface area contributed by atoms with Crippen LogP contribution in [0.5, 0.6) is 46.0 Å². The Morgan fingerprint density at radius 1 is 0.500 bits per heavy atom. The molecule has 0 saturated heterocycles. The Kier molecular flexibility index (Phi) is 16.4. The topological polar surface area (TPSA) is 149 Å². The maximum Gasteiger partial charge on any atom is 0.399 e. The van der Waals surface area contributed by atoms with E-state index in [1.807, 2.05) is 20.8 Å². The second-order valence-electron chi connectivity index (χ2n) is 16.4. The average molecular weight is 1000 g/mol. The molecule has 0 aromatic heterocycles. The van der Waals surface area contributed by atoms with Gasteiger partial charge in [-0.3, -0.25) is 0 Å². The minimum absolute atomic E-state index is 0.0151. The predicted octanol–water partition coefficient (Wildman–Crippen LogP) is 11.7. The van der Waals surface area contributed by atoms with Gasteiger partial charge in [-0.05, 0) is 111 Å². The van der Waals surface area contributed by atoms with Gasteiger partial charge in [0.25, 0.3) is 20.0 Å². The Morgan fingerprint density at radius 3 is 1.21 bits per heavy atom. The number of sulfonamides is 2. The fraction of sp³-hybridized carbons (Fsp3) is 0.280. The van der Waals surface area contributed by atoms with Crippen LogP contribution in [-0.2, 0) is 20.0 Å². The molecule has 1 saturated carbocycles. The van der Waals surface area contributed by atoms with Gasteiger partial charge in [0.2, 0.25) is 0 Å². The second kappa shape index (κ2) is 22.2. The van der Waals surface area contributed by atoms with Crippen LogP contribution in [0.25, 0.3) is 0 Å². The van der Waals surface area contributed by atoms with E-state index in [4.69, 9.17) is 37.0 Å². The predicted molar refractivity (Wildman–Crippen MR) is 264 cm³/mol. The molecule has 14 nitrogen and oxygen atoms in total. The maximum atomic E-state index is 15.5. The number of ether oxygens (including phenoxy) is 4. The minimum Gasteiger partial charge on any atom is -0.493 e. The van der Waals surface area contributed by atoms with Crippen LogP contribution in [0.2, 0.25) is 0 Å². The summed E-state index contributed by atoms with van der Waals surface area (Å²) < 4.78 is 114. The summed E-state index contributed by atoms with van der Waals surface area (Å²) in [5, 5.41) is 0. The van der Waals surface area contributed by atoms with Gasteiger partial charge in [-0.15, -0.1) is 8.15 Å². The molecule has 0 spiro atoms. The van der Waals surface area contributed by atoms with Crippen molar-refractivity contribution in [1.82, 2.24) is 8.15 Å². The van der Waals surface area contributed by atoms with E-state index in [9.17, 15) is 0 Å². The molecule has 1 fully saturated rings. The minimum atomic E-state index is -4.44. The quantitative estimate of drug-likeness (QED) is 0.0632. The lowest BCUT2D eigenvalue weighted by atomic mass is 9.74. The molecule has 7 rings (SSSR count). The third kappa shape index (κ3) is 11.6. The molecule has 1 aliphatic carbocycles. The first-order chi connectivity index (χ1) is 32.7. The standard InChI is InChI=1S/C50H56N2O12P2S2/c1-37-26-30-40(31-27-37)67(53,54)51(65(61-46-22-12-8-18-42(46)57-4)62-47-23-13-9-19-43(47)58-5)36-50(3)34-16-17-39(35-50)52(68(55,56)41-32-28-38(2)29-33-41)66(63-48-24-14-10-20-44(48)59-6)64-49-25-15-11-21-45(49)60-7/h8-15,18-33,39H,16-17,34-36H2,1-7H3. The number of nitrogens with zero attached hydrogens (tertiary/aromatic N) is 2. The Balaban J connectivity index is 1.37. The lowest BCUT2D eigenvalue weighted by molar-refractivity contribution is 0.142. The van der Waals surface area contributed by atoms with E-state index < -0.39 is 48.6 Å². The summed E-state index contributed by atoms with van der Waals surface area (Å²) in [7, 11) is -8.08. The van der Waals surface area contributed by atoms with Crippen molar-refractivity contribution in [3.05, 3.63) is 157 Å². The van der Waals surface area contributed by atoms with Gasteiger partial charge in [-0.25, -0.2) is 16.8 Å². The summed E-state index contributed by atoms with van der Waals surface area (Å²) in [6.07, 6.45) is 1.56. The van der Waals surface area contributed by atoms with Crippen molar-refractivity contribution in [2.75, 3.05) is 35.0 Å². The van der Waals surface area contributed by atoms with E-state index in [0.717, 1.165) is 11.1 Å². The fourth-order valence-corrected chi connectivity index (χ4v) is 15.3. The average Bonchev–Trinajstić information content (AvgIpc) is 3.34. The molecule has 2 atom stereocenters. The van der Waals surface area contributed by atoms with Gasteiger partial charge < -0.3 is 37.0 Å². The van der Waals surface area contributed by atoms with Crippen LogP contribution in [-0.4, -0.2) is 66.0 Å². The molecule has 0 amide bonds. The third-order valence-electron chi connectivity index (χ3n) is 11.4. The molecule has 18 heteroatoms. The number of benzene rings is 6. The number of hydrogen-bond acceptors (Lipinski definition) is 12. The van der Waals surface area contributed by atoms with E-state index in [0.29, 0.717) is 42.3 Å². The van der Waals surface area contributed by atoms with Gasteiger partial charge >= 0.3 is 17.1 Å². The highest BCUT2D eigenvalue weighted by molar-refractivity contribution is 7.94. The molecule has 0 bridgehead atoms. The molecule has 360 valence electrons. The molecule has 68 heavy (non-hydrogen) atoms. The lowest BCUT2D eigenvalue weighted by Crippen LogP contribution is -2.47. The van der Waals surface area contributed by atoms with E-state index in [1.54, 1.807) is 146 Å². The van der Waals surface area contributed by atoms with E-state index >= 15 is 16.8 Å². The van der Waals surface area contributed by atoms with E-state index in [1.165, 1.54) is 36.6 Å². The van der Waals surface area contributed by atoms with Crippen molar-refractivity contribution < 1.29 is 53.9 Å². The van der Waals surface area contributed by atoms with Crippen molar-refractivity contribution in [1.29, 1.82) is 0 Å². The summed E-state index contributed by atoms with van der Waals surface area (Å²) in [6, 6.07) is 40.1. The zero-order chi connectivity index (χ0) is 48.5. The second-order valence-corrected chi connectivity index (χ2v) is 23.2. The van der Waals surface area contributed by atoms with Gasteiger partial charge in [0.15, 0.2) is 46.0 Å². The van der Waals surface area contributed by atoms with E-state index in [2.05, 4.69) is 0 Å². The first kappa shape index (κ1) is 50.3. The smallest absolute Gasteiger partial charge is 0.399 e. The molecule has 0 aliphatic heterocycles. The van der Waals surface area contributed by atoms with Gasteiger partial charge in [-0.2, -0.15) is 0 Å². The Labute approximate surface area is 402 Å². The van der Waals surface area contributed by atoms with Crippen LogP contribution < -0.4 is 37.0 Å². The van der Waals surface area contributed by atoms with Gasteiger partial charge in [0.05, 0.1) is 38.2 Å². The molecule has 0 radical (unpaired) electrons. The van der Waals surface area contributed by atoms with Crippen LogP contribution in [0, 0.1) is 19.3 Å². The van der Waals surface area contributed by atoms with Crippen molar-refractivity contribution in [3.63, 3.8) is 0 Å². The normalized spacial score (nSPS) is 16.4. The largest absolute Gasteiger partial charge is 0.493 e. The van der Waals surface area contributed by atoms with Gasteiger partial charge in [-0.1, -0.05) is 97.3 Å². The number of methoxy groups -OCH3 is 4. The highest BCUT2D eigenvalue weighted by Gasteiger charge is 2.50. The maximum absolute atomic E-state index is 15.5. The third-order valence-corrected chi connectivity index (χ3v) is 19.2. The summed E-state index contributed by atoms with van der Waals surface area (Å²) in [6.45, 7) is 5.55. The molecule has 1 aliphatic rings. The van der Waals surface area contributed by atoms with Crippen molar-refractivity contribution in [2.45, 2.75) is 62.3 Å². The summed E-state index contributed by atoms with van der Waals surface area (Å²) in [5.41, 5.74) is 0.815. The van der Waals surface area contributed by atoms with Crippen LogP contribution in [0.4, 0.5) is 0 Å². The van der Waals surface area contributed by atoms with Crippen molar-refractivity contribution >= 4 is 37.1 Å². The Hall–Kier alpha value is -5.60. The first-order valence-electron chi connectivity index (χ1n) is 21.7. The molecule has 0 N–H and O–H groups in total. The molecule has 6 aromatic carbocycles. The number of para-hydroxylation sites is 8. The van der Waals surface area contributed by atoms with Crippen LogP contribution in [0.15, 0.2) is 155 Å². The zero-order valence-corrected chi connectivity index (χ0v) is 42.4. The fourth-order valence-electron chi connectivity index (χ4n) is 7.82. The molecular weight excluding hydrogens is 947 g/mol. The summed E-state index contributed by atoms with van der Waals surface area (Å²) in [4.78, 5) is 0.0407. The lowest BCUT2D eigenvalue weighted by Gasteiger charge is -2.45. The van der Waals surface area contributed by atoms with E-state index in [-0.39, 0.29) is 45.8 Å². The number of hydrogen-bond donors (Lipinski definition) is 0. The highest BCUT2D eigenvalue weighted by atomic mass is 32.2. The van der Waals surface area contributed by atoms with Gasteiger partial charge in [0, 0.05) is 12.6 Å². The zero-order valence-electron chi connectivity index (χ0n) is 39.0. The monoisotopic (exact) mass is 1000 g/mol. The SMILES string of the molecule is COc1ccccc1OP(Oc1ccccc1OC)N(CC1(C)CCCC(N(P(Oc2ccccc2OC)Oc2ccccc2OC)S(=O)(=O)c2ccc(C)cc2)C1)S(=O)(=O)c1ccc(C)cc1. The first-order valence-corrected chi connectivity index (χ1v) is 26.9. The van der Waals surface area contributed by atoms with Crippen LogP contribution in [0.3, 0.4) is 0 Å². The number of aryl methyl sites for hydroxylation is 2. The molecular formula is C50H56N2O12P2S2. The molecule has 2 unspecified atom stereocenters. The van der Waals surface area contributed by atoms with Crippen LogP contribution in [0.1, 0.15) is 43.7 Å². The van der Waals surface area contributed by atoms with Crippen LogP contribution >= 0.6 is 17.1 Å². The van der Waals surface area contributed by atoms with Crippen molar-refractivity contribution in [2.24, 2.45) is 5.41 Å². The molecule has 6 aromatic rings. The summed E-state index contributed by atoms with van der Waals surface area (Å²) >= 11 is 0.